The fourth-order valence-corrected chi connectivity index (χ4v) is 3.57. The fraction of sp³-hybridized carbons (Fsp3) is 1.00. The lowest BCUT2D eigenvalue weighted by molar-refractivity contribution is 0.137. The largest absolute Gasteiger partial charge is 0.314 e. The molecule has 0 aromatic heterocycles. The summed E-state index contributed by atoms with van der Waals surface area (Å²) in [6.07, 6.45) is 10.2. The molecule has 0 spiro atoms. The highest BCUT2D eigenvalue weighted by molar-refractivity contribution is 4.86. The van der Waals surface area contributed by atoms with Gasteiger partial charge in [0.05, 0.1) is 0 Å². The molecule has 2 fully saturated rings. The van der Waals surface area contributed by atoms with Crippen molar-refractivity contribution in [2.75, 3.05) is 6.54 Å². The first kappa shape index (κ1) is 13.4. The molecule has 2 rings (SSSR count). The lowest BCUT2D eigenvalue weighted by Crippen LogP contribution is -2.35. The van der Waals surface area contributed by atoms with E-state index in [1.54, 1.807) is 0 Å². The van der Waals surface area contributed by atoms with Gasteiger partial charge in [0.15, 0.2) is 0 Å². The van der Waals surface area contributed by atoms with Gasteiger partial charge in [-0.3, -0.25) is 0 Å². The zero-order chi connectivity index (χ0) is 12.3. The van der Waals surface area contributed by atoms with Gasteiger partial charge in [-0.15, -0.1) is 0 Å². The molecule has 2 saturated carbocycles. The molecule has 2 aliphatic rings. The van der Waals surface area contributed by atoms with Gasteiger partial charge in [-0.25, -0.2) is 0 Å². The maximum atomic E-state index is 3.76. The van der Waals surface area contributed by atoms with Crippen LogP contribution in [0.4, 0.5) is 0 Å². The molecule has 1 heteroatoms. The second-order valence-electron chi connectivity index (χ2n) is 6.81. The maximum absolute atomic E-state index is 3.76. The average Bonchev–Trinajstić information content (AvgIpc) is 3.11. The van der Waals surface area contributed by atoms with E-state index >= 15 is 0 Å². The van der Waals surface area contributed by atoms with Gasteiger partial charge in [-0.2, -0.15) is 0 Å². The molecule has 0 radical (unpaired) electrons. The molecule has 1 N–H and O–H groups in total. The molecule has 0 heterocycles. The fourth-order valence-electron chi connectivity index (χ4n) is 3.57. The zero-order valence-corrected chi connectivity index (χ0v) is 12.0. The van der Waals surface area contributed by atoms with Gasteiger partial charge >= 0.3 is 0 Å². The van der Waals surface area contributed by atoms with Crippen LogP contribution in [-0.4, -0.2) is 12.6 Å². The summed E-state index contributed by atoms with van der Waals surface area (Å²) in [7, 11) is 0. The smallest absolute Gasteiger partial charge is 0.00683 e. The van der Waals surface area contributed by atoms with E-state index in [1.807, 2.05) is 0 Å². The Kier molecular flexibility index (Phi) is 4.90. The normalized spacial score (nSPS) is 34.2. The van der Waals surface area contributed by atoms with Gasteiger partial charge in [-0.1, -0.05) is 33.6 Å². The van der Waals surface area contributed by atoms with Gasteiger partial charge in [0, 0.05) is 6.04 Å². The molecule has 0 aromatic carbocycles. The van der Waals surface area contributed by atoms with Crippen molar-refractivity contribution in [2.45, 2.75) is 71.8 Å². The summed E-state index contributed by atoms with van der Waals surface area (Å²) in [4.78, 5) is 0. The minimum absolute atomic E-state index is 0.889. The van der Waals surface area contributed by atoms with Crippen LogP contribution in [-0.2, 0) is 0 Å². The summed E-state index contributed by atoms with van der Waals surface area (Å²) < 4.78 is 0. The van der Waals surface area contributed by atoms with Crippen LogP contribution in [0.1, 0.15) is 65.7 Å². The molecular weight excluding hydrogens is 206 g/mol. The SMILES string of the molecule is CCCC1CC(C(C)C)CCC1CNC1CC1. The van der Waals surface area contributed by atoms with Gasteiger partial charge in [0.25, 0.3) is 0 Å². The first-order chi connectivity index (χ1) is 8.20. The highest BCUT2D eigenvalue weighted by Crippen LogP contribution is 2.39. The summed E-state index contributed by atoms with van der Waals surface area (Å²) in [5, 5.41) is 3.76. The Bertz CT molecular complexity index is 220. The second-order valence-corrected chi connectivity index (χ2v) is 6.81. The molecule has 1 nitrogen and oxygen atoms in total. The van der Waals surface area contributed by atoms with Crippen molar-refractivity contribution in [3.05, 3.63) is 0 Å². The van der Waals surface area contributed by atoms with Crippen LogP contribution in [0.15, 0.2) is 0 Å². The topological polar surface area (TPSA) is 12.0 Å². The number of rotatable bonds is 6. The van der Waals surface area contributed by atoms with Gasteiger partial charge < -0.3 is 5.32 Å². The van der Waals surface area contributed by atoms with Crippen molar-refractivity contribution < 1.29 is 0 Å². The van der Waals surface area contributed by atoms with Crippen LogP contribution in [0.25, 0.3) is 0 Å². The third-order valence-corrected chi connectivity index (χ3v) is 5.03. The summed E-state index contributed by atoms with van der Waals surface area (Å²) >= 11 is 0. The number of hydrogen-bond acceptors (Lipinski definition) is 1. The highest BCUT2D eigenvalue weighted by atomic mass is 14.9. The van der Waals surface area contributed by atoms with E-state index in [4.69, 9.17) is 0 Å². The molecule has 2 aliphatic carbocycles. The minimum atomic E-state index is 0.889. The Morgan fingerprint density at radius 2 is 1.82 bits per heavy atom. The van der Waals surface area contributed by atoms with Crippen LogP contribution in [0.3, 0.4) is 0 Å². The predicted molar refractivity (Wildman–Crippen MR) is 75.1 cm³/mol. The van der Waals surface area contributed by atoms with Crippen LogP contribution in [0.2, 0.25) is 0 Å². The van der Waals surface area contributed by atoms with E-state index in [0.29, 0.717) is 0 Å². The second kappa shape index (κ2) is 6.22. The zero-order valence-electron chi connectivity index (χ0n) is 12.0. The summed E-state index contributed by atoms with van der Waals surface area (Å²) in [5.74, 6) is 3.88. The minimum Gasteiger partial charge on any atom is -0.314 e. The van der Waals surface area contributed by atoms with E-state index in [-0.39, 0.29) is 0 Å². The van der Waals surface area contributed by atoms with E-state index < -0.39 is 0 Å². The van der Waals surface area contributed by atoms with Crippen molar-refractivity contribution in [2.24, 2.45) is 23.7 Å². The van der Waals surface area contributed by atoms with Crippen LogP contribution >= 0.6 is 0 Å². The lowest BCUT2D eigenvalue weighted by atomic mass is 9.69. The van der Waals surface area contributed by atoms with Crippen LogP contribution in [0.5, 0.6) is 0 Å². The van der Waals surface area contributed by atoms with Gasteiger partial charge in [0.1, 0.15) is 0 Å². The van der Waals surface area contributed by atoms with E-state index in [2.05, 4.69) is 26.1 Å². The monoisotopic (exact) mass is 237 g/mol. The molecule has 3 atom stereocenters. The summed E-state index contributed by atoms with van der Waals surface area (Å²) in [5.41, 5.74) is 0. The quantitative estimate of drug-likeness (QED) is 0.729. The first-order valence-electron chi connectivity index (χ1n) is 7.94. The molecule has 0 aromatic rings. The Balaban J connectivity index is 1.81. The molecule has 17 heavy (non-hydrogen) atoms. The van der Waals surface area contributed by atoms with E-state index in [9.17, 15) is 0 Å². The Morgan fingerprint density at radius 3 is 2.41 bits per heavy atom. The first-order valence-corrected chi connectivity index (χ1v) is 7.94. The Morgan fingerprint density at radius 1 is 1.06 bits per heavy atom. The molecule has 0 bridgehead atoms. The summed E-state index contributed by atoms with van der Waals surface area (Å²) in [6.45, 7) is 8.48. The summed E-state index contributed by atoms with van der Waals surface area (Å²) in [6, 6.07) is 0.889. The third-order valence-electron chi connectivity index (χ3n) is 5.03. The standard InChI is InChI=1S/C16H31N/c1-4-5-14-10-13(12(2)3)6-7-15(14)11-17-16-8-9-16/h12-17H,4-11H2,1-3H3. The van der Waals surface area contributed by atoms with Crippen LogP contribution < -0.4 is 5.32 Å². The van der Waals surface area contributed by atoms with Gasteiger partial charge in [0.2, 0.25) is 0 Å². The lowest BCUT2D eigenvalue weighted by Gasteiger charge is -2.38. The van der Waals surface area contributed by atoms with Crippen molar-refractivity contribution in [1.29, 1.82) is 0 Å². The molecule has 0 amide bonds. The molecule has 0 aliphatic heterocycles. The Hall–Kier alpha value is -0.0400. The average molecular weight is 237 g/mol. The molecule has 100 valence electrons. The Labute approximate surface area is 108 Å². The van der Waals surface area contributed by atoms with Crippen molar-refractivity contribution in [1.82, 2.24) is 5.32 Å². The maximum Gasteiger partial charge on any atom is 0.00683 e. The number of nitrogens with one attached hydrogen (secondary N) is 1. The molecular formula is C16H31N. The third kappa shape index (κ3) is 3.98. The molecule has 3 unspecified atom stereocenters. The van der Waals surface area contributed by atoms with Crippen molar-refractivity contribution >= 4 is 0 Å². The predicted octanol–water partition coefficient (Wildman–Crippen LogP) is 4.23. The van der Waals surface area contributed by atoms with E-state index in [0.717, 1.165) is 29.7 Å². The highest BCUT2D eigenvalue weighted by Gasteiger charge is 2.32. The molecule has 0 saturated heterocycles. The van der Waals surface area contributed by atoms with Gasteiger partial charge in [-0.05, 0) is 62.3 Å². The van der Waals surface area contributed by atoms with Crippen molar-refractivity contribution in [3.8, 4) is 0 Å². The van der Waals surface area contributed by atoms with E-state index in [1.165, 1.54) is 51.5 Å². The van der Waals surface area contributed by atoms with Crippen LogP contribution in [0, 0.1) is 23.7 Å². The van der Waals surface area contributed by atoms with Crippen molar-refractivity contribution in [3.63, 3.8) is 0 Å². The number of hydrogen-bond donors (Lipinski definition) is 1.